The molecule has 1 aliphatic carbocycles. The molecule has 2 amide bonds. The molecule has 1 aliphatic heterocycles. The molecule has 20 heavy (non-hydrogen) atoms. The molecule has 0 bridgehead atoms. The first-order chi connectivity index (χ1) is 9.47. The molecule has 114 valence electrons. The number of carbonyl (C=O) groups excluding carboxylic acids is 1. The van der Waals surface area contributed by atoms with E-state index in [9.17, 15) is 9.59 Å². The summed E-state index contributed by atoms with van der Waals surface area (Å²) in [6.07, 6.45) is 2.87. The highest BCUT2D eigenvalue weighted by atomic mass is 16.4. The number of carboxylic acids is 1. The predicted octanol–water partition coefficient (Wildman–Crippen LogP) is 0.975. The lowest BCUT2D eigenvalue weighted by atomic mass is 9.86. The fourth-order valence-corrected chi connectivity index (χ4v) is 2.98. The normalized spacial score (nSPS) is 31.9. The van der Waals surface area contributed by atoms with Crippen molar-refractivity contribution in [2.24, 2.45) is 5.92 Å². The highest BCUT2D eigenvalue weighted by molar-refractivity contribution is 5.75. The largest absolute Gasteiger partial charge is 0.481 e. The number of aliphatic carboxylic acids is 1. The van der Waals surface area contributed by atoms with Gasteiger partial charge in [0.15, 0.2) is 0 Å². The van der Waals surface area contributed by atoms with E-state index in [0.29, 0.717) is 18.9 Å². The third-order valence-electron chi connectivity index (χ3n) is 4.65. The van der Waals surface area contributed by atoms with E-state index in [-0.39, 0.29) is 18.0 Å². The van der Waals surface area contributed by atoms with Crippen LogP contribution >= 0.6 is 0 Å². The van der Waals surface area contributed by atoms with Crippen molar-refractivity contribution in [3.8, 4) is 0 Å². The molecule has 2 rings (SSSR count). The van der Waals surface area contributed by atoms with Crippen molar-refractivity contribution in [3.05, 3.63) is 0 Å². The van der Waals surface area contributed by atoms with E-state index < -0.39 is 5.97 Å². The van der Waals surface area contributed by atoms with Crippen molar-refractivity contribution < 1.29 is 14.7 Å². The van der Waals surface area contributed by atoms with Crippen molar-refractivity contribution in [2.45, 2.75) is 44.7 Å². The number of amides is 2. The SMILES string of the molecule is CC1CN(C(=O)NC2CCC(C(=O)O)CC2)CCN1C. The van der Waals surface area contributed by atoms with Gasteiger partial charge >= 0.3 is 12.0 Å². The number of likely N-dealkylation sites (N-methyl/N-ethyl adjacent to an activating group) is 1. The molecular weight excluding hydrogens is 258 g/mol. The molecule has 1 heterocycles. The smallest absolute Gasteiger partial charge is 0.317 e. The maximum atomic E-state index is 12.2. The van der Waals surface area contributed by atoms with Crippen LogP contribution < -0.4 is 5.32 Å². The summed E-state index contributed by atoms with van der Waals surface area (Å²) in [6.45, 7) is 4.54. The molecule has 1 atom stereocenters. The number of carbonyl (C=O) groups is 2. The summed E-state index contributed by atoms with van der Waals surface area (Å²) < 4.78 is 0. The van der Waals surface area contributed by atoms with Gasteiger partial charge in [-0.1, -0.05) is 0 Å². The van der Waals surface area contributed by atoms with E-state index in [2.05, 4.69) is 24.2 Å². The molecule has 1 saturated carbocycles. The lowest BCUT2D eigenvalue weighted by molar-refractivity contribution is -0.142. The molecule has 0 aromatic carbocycles. The van der Waals surface area contributed by atoms with Gasteiger partial charge in [-0.05, 0) is 39.7 Å². The second-order valence-corrected chi connectivity index (χ2v) is 6.11. The van der Waals surface area contributed by atoms with Crippen LogP contribution in [0.5, 0.6) is 0 Å². The van der Waals surface area contributed by atoms with E-state index in [1.54, 1.807) is 0 Å². The quantitative estimate of drug-likeness (QED) is 0.792. The Bertz CT molecular complexity index is 367. The van der Waals surface area contributed by atoms with Crippen LogP contribution in [0.2, 0.25) is 0 Å². The van der Waals surface area contributed by atoms with Crippen LogP contribution in [-0.4, -0.2) is 65.7 Å². The topological polar surface area (TPSA) is 72.9 Å². The van der Waals surface area contributed by atoms with Gasteiger partial charge in [-0.15, -0.1) is 0 Å². The molecule has 2 aliphatic rings. The van der Waals surface area contributed by atoms with E-state index in [0.717, 1.165) is 32.5 Å². The predicted molar refractivity (Wildman–Crippen MR) is 75.6 cm³/mol. The van der Waals surface area contributed by atoms with Crippen molar-refractivity contribution in [2.75, 3.05) is 26.7 Å². The zero-order valence-electron chi connectivity index (χ0n) is 12.3. The Labute approximate surface area is 120 Å². The summed E-state index contributed by atoms with van der Waals surface area (Å²) in [5.74, 6) is -0.936. The van der Waals surface area contributed by atoms with Gasteiger partial charge in [-0.2, -0.15) is 0 Å². The monoisotopic (exact) mass is 283 g/mol. The molecule has 6 nitrogen and oxygen atoms in total. The minimum absolute atomic E-state index is 0.00345. The van der Waals surface area contributed by atoms with Crippen LogP contribution in [-0.2, 0) is 4.79 Å². The number of nitrogens with one attached hydrogen (secondary N) is 1. The van der Waals surface area contributed by atoms with Gasteiger partial charge in [0.1, 0.15) is 0 Å². The van der Waals surface area contributed by atoms with E-state index in [1.165, 1.54) is 0 Å². The number of hydrogen-bond donors (Lipinski definition) is 2. The van der Waals surface area contributed by atoms with Gasteiger partial charge in [0.2, 0.25) is 0 Å². The molecule has 1 unspecified atom stereocenters. The highest BCUT2D eigenvalue weighted by Gasteiger charge is 2.29. The first kappa shape index (κ1) is 15.1. The summed E-state index contributed by atoms with van der Waals surface area (Å²) in [6, 6.07) is 0.522. The second kappa shape index (κ2) is 6.43. The number of carboxylic acid groups (broad SMARTS) is 1. The van der Waals surface area contributed by atoms with Gasteiger partial charge in [0, 0.05) is 31.7 Å². The Kier molecular flexibility index (Phi) is 4.86. The first-order valence-corrected chi connectivity index (χ1v) is 7.46. The fourth-order valence-electron chi connectivity index (χ4n) is 2.98. The molecule has 0 spiro atoms. The molecule has 6 heteroatoms. The standard InChI is InChI=1S/C14H25N3O3/c1-10-9-17(8-7-16(10)2)14(20)15-12-5-3-11(4-6-12)13(18)19/h10-12H,3-9H2,1-2H3,(H,15,20)(H,18,19). The van der Waals surface area contributed by atoms with Crippen molar-refractivity contribution in [1.29, 1.82) is 0 Å². The van der Waals surface area contributed by atoms with Crippen LogP contribution in [0.15, 0.2) is 0 Å². The van der Waals surface area contributed by atoms with Gasteiger partial charge in [0.05, 0.1) is 5.92 Å². The summed E-state index contributed by atoms with van der Waals surface area (Å²) >= 11 is 0. The van der Waals surface area contributed by atoms with E-state index in [1.807, 2.05) is 4.90 Å². The van der Waals surface area contributed by atoms with Gasteiger partial charge < -0.3 is 20.2 Å². The van der Waals surface area contributed by atoms with Crippen LogP contribution in [0.4, 0.5) is 4.79 Å². The maximum Gasteiger partial charge on any atom is 0.317 e. The number of nitrogens with zero attached hydrogens (tertiary/aromatic N) is 2. The average Bonchev–Trinajstić information content (AvgIpc) is 2.42. The summed E-state index contributed by atoms with van der Waals surface area (Å²) in [5, 5.41) is 12.0. The summed E-state index contributed by atoms with van der Waals surface area (Å²) in [5.41, 5.74) is 0. The number of rotatable bonds is 2. The molecule has 0 aromatic heterocycles. The Morgan fingerprint density at radius 3 is 2.35 bits per heavy atom. The second-order valence-electron chi connectivity index (χ2n) is 6.11. The van der Waals surface area contributed by atoms with Crippen LogP contribution in [0.1, 0.15) is 32.6 Å². The average molecular weight is 283 g/mol. The molecule has 2 N–H and O–H groups in total. The number of urea groups is 1. The van der Waals surface area contributed by atoms with Crippen molar-refractivity contribution >= 4 is 12.0 Å². The number of hydrogen-bond acceptors (Lipinski definition) is 3. The fraction of sp³-hybridized carbons (Fsp3) is 0.857. The minimum Gasteiger partial charge on any atom is -0.481 e. The first-order valence-electron chi connectivity index (χ1n) is 7.46. The molecule has 0 radical (unpaired) electrons. The molecule has 1 saturated heterocycles. The minimum atomic E-state index is -0.706. The van der Waals surface area contributed by atoms with Gasteiger partial charge in [-0.25, -0.2) is 4.79 Å². The van der Waals surface area contributed by atoms with Crippen molar-refractivity contribution in [3.63, 3.8) is 0 Å². The third-order valence-corrected chi connectivity index (χ3v) is 4.65. The summed E-state index contributed by atoms with van der Waals surface area (Å²) in [7, 11) is 2.08. The van der Waals surface area contributed by atoms with Crippen LogP contribution in [0, 0.1) is 5.92 Å². The zero-order valence-corrected chi connectivity index (χ0v) is 12.3. The maximum absolute atomic E-state index is 12.2. The molecular formula is C14H25N3O3. The highest BCUT2D eigenvalue weighted by Crippen LogP contribution is 2.24. The lowest BCUT2D eigenvalue weighted by Gasteiger charge is -2.38. The Morgan fingerprint density at radius 1 is 1.15 bits per heavy atom. The van der Waals surface area contributed by atoms with Crippen LogP contribution in [0.25, 0.3) is 0 Å². The summed E-state index contributed by atoms with van der Waals surface area (Å²) in [4.78, 5) is 27.2. The Morgan fingerprint density at radius 2 is 1.80 bits per heavy atom. The Balaban J connectivity index is 1.77. The molecule has 0 aromatic rings. The third kappa shape index (κ3) is 3.62. The number of piperazine rings is 1. The lowest BCUT2D eigenvalue weighted by Crippen LogP contribution is -2.56. The molecule has 2 fully saturated rings. The van der Waals surface area contributed by atoms with Crippen molar-refractivity contribution in [1.82, 2.24) is 15.1 Å². The van der Waals surface area contributed by atoms with Gasteiger partial charge in [0.25, 0.3) is 0 Å². The zero-order chi connectivity index (χ0) is 14.7. The van der Waals surface area contributed by atoms with Crippen LogP contribution in [0.3, 0.4) is 0 Å². The Hall–Kier alpha value is -1.30. The van der Waals surface area contributed by atoms with Gasteiger partial charge in [-0.3, -0.25) is 4.79 Å². The van der Waals surface area contributed by atoms with E-state index in [4.69, 9.17) is 5.11 Å². The van der Waals surface area contributed by atoms with E-state index >= 15 is 0 Å².